The van der Waals surface area contributed by atoms with E-state index < -0.39 is 16.0 Å². The molecule has 3 N–H and O–H groups in total. The number of rotatable bonds is 9. The molecule has 1 aromatic carbocycles. The molecule has 0 radical (unpaired) electrons. The Balaban J connectivity index is 2.71. The highest BCUT2D eigenvalue weighted by molar-refractivity contribution is 7.89. The second kappa shape index (κ2) is 8.11. The lowest BCUT2D eigenvalue weighted by molar-refractivity contribution is 0.0696. The number of hydrogen-bond acceptors (Lipinski definition) is 4. The molecule has 0 atom stereocenters. The molecule has 0 saturated carbocycles. The van der Waals surface area contributed by atoms with E-state index in [1.165, 1.54) is 25.1 Å². The summed E-state index contributed by atoms with van der Waals surface area (Å²) >= 11 is 0. The summed E-state index contributed by atoms with van der Waals surface area (Å²) in [6.07, 6.45) is 3.08. The first-order chi connectivity index (χ1) is 9.90. The van der Waals surface area contributed by atoms with Gasteiger partial charge in [0.05, 0.1) is 10.5 Å². The highest BCUT2D eigenvalue weighted by Crippen LogP contribution is 2.18. The smallest absolute Gasteiger partial charge is 0.335 e. The molecule has 118 valence electrons. The van der Waals surface area contributed by atoms with Gasteiger partial charge in [0.1, 0.15) is 0 Å². The van der Waals surface area contributed by atoms with Crippen LogP contribution in [-0.2, 0) is 10.0 Å². The summed E-state index contributed by atoms with van der Waals surface area (Å²) < 4.78 is 26.8. The molecular weight excluding hydrogens is 294 g/mol. The maximum Gasteiger partial charge on any atom is 0.335 e. The van der Waals surface area contributed by atoms with Crippen LogP contribution in [0.2, 0.25) is 0 Å². The fourth-order valence-corrected chi connectivity index (χ4v) is 3.35. The molecule has 0 aromatic heterocycles. The molecule has 21 heavy (non-hydrogen) atoms. The van der Waals surface area contributed by atoms with Crippen LogP contribution in [0.15, 0.2) is 23.1 Å². The standard InChI is InChI=1S/C14H21NO5S/c1-11-12(14(17)18)7-6-8-13(11)21(19,20)15-9-4-2-3-5-10-16/h6-8,15-16H,2-5,9-10H2,1H3,(H,17,18). The van der Waals surface area contributed by atoms with Crippen LogP contribution in [0.1, 0.15) is 41.6 Å². The molecule has 7 heteroatoms. The fraction of sp³-hybridized carbons (Fsp3) is 0.500. The highest BCUT2D eigenvalue weighted by Gasteiger charge is 2.19. The third kappa shape index (κ3) is 5.11. The Kier molecular flexibility index (Phi) is 6.80. The van der Waals surface area contributed by atoms with E-state index in [0.717, 1.165) is 12.8 Å². The van der Waals surface area contributed by atoms with E-state index in [0.29, 0.717) is 19.4 Å². The van der Waals surface area contributed by atoms with Crippen molar-refractivity contribution in [2.24, 2.45) is 0 Å². The van der Waals surface area contributed by atoms with Crippen LogP contribution in [0.4, 0.5) is 0 Å². The predicted octanol–water partition coefficient (Wildman–Crippen LogP) is 1.52. The minimum absolute atomic E-state index is 0.00208. The third-order valence-electron chi connectivity index (χ3n) is 3.18. The molecule has 0 spiro atoms. The summed E-state index contributed by atoms with van der Waals surface area (Å²) in [6, 6.07) is 4.20. The molecule has 0 amide bonds. The van der Waals surface area contributed by atoms with E-state index in [2.05, 4.69) is 4.72 Å². The Morgan fingerprint density at radius 3 is 2.48 bits per heavy atom. The van der Waals surface area contributed by atoms with Crippen LogP contribution in [0.5, 0.6) is 0 Å². The lowest BCUT2D eigenvalue weighted by Gasteiger charge is -2.11. The minimum atomic E-state index is -3.70. The number of carbonyl (C=O) groups is 1. The number of aromatic carboxylic acids is 1. The second-order valence-corrected chi connectivity index (χ2v) is 6.50. The Bertz CT molecular complexity index is 583. The van der Waals surface area contributed by atoms with Gasteiger partial charge in [0.15, 0.2) is 0 Å². The van der Waals surface area contributed by atoms with Gasteiger partial charge in [-0.05, 0) is 37.5 Å². The monoisotopic (exact) mass is 315 g/mol. The number of benzene rings is 1. The largest absolute Gasteiger partial charge is 0.478 e. The molecule has 0 aliphatic rings. The van der Waals surface area contributed by atoms with Crippen LogP contribution in [-0.4, -0.2) is 37.8 Å². The first kappa shape index (κ1) is 17.6. The number of sulfonamides is 1. The quantitative estimate of drug-likeness (QED) is 0.599. The van der Waals surface area contributed by atoms with E-state index in [1.807, 2.05) is 0 Å². The third-order valence-corrected chi connectivity index (χ3v) is 4.79. The van der Waals surface area contributed by atoms with Gasteiger partial charge in [0.25, 0.3) is 0 Å². The zero-order chi connectivity index (χ0) is 15.9. The maximum atomic E-state index is 12.2. The molecule has 0 saturated heterocycles. The zero-order valence-electron chi connectivity index (χ0n) is 12.0. The predicted molar refractivity (Wildman–Crippen MR) is 78.9 cm³/mol. The number of carboxylic acids is 1. The number of nitrogens with one attached hydrogen (secondary N) is 1. The van der Waals surface area contributed by atoms with Crippen molar-refractivity contribution in [2.75, 3.05) is 13.2 Å². The first-order valence-electron chi connectivity index (χ1n) is 6.83. The maximum absolute atomic E-state index is 12.2. The summed E-state index contributed by atoms with van der Waals surface area (Å²) in [5.41, 5.74) is 0.221. The Hall–Kier alpha value is -1.44. The van der Waals surface area contributed by atoms with Crippen molar-refractivity contribution in [1.82, 2.24) is 4.72 Å². The topological polar surface area (TPSA) is 104 Å². The average molecular weight is 315 g/mol. The Labute approximate surface area is 124 Å². The van der Waals surface area contributed by atoms with Crippen molar-refractivity contribution in [3.05, 3.63) is 29.3 Å². The minimum Gasteiger partial charge on any atom is -0.478 e. The van der Waals surface area contributed by atoms with Crippen molar-refractivity contribution in [3.63, 3.8) is 0 Å². The zero-order valence-corrected chi connectivity index (χ0v) is 12.8. The van der Waals surface area contributed by atoms with Crippen LogP contribution in [0, 0.1) is 6.92 Å². The molecular formula is C14H21NO5S. The molecule has 1 rings (SSSR count). The molecule has 0 bridgehead atoms. The summed E-state index contributed by atoms with van der Waals surface area (Å²) in [5, 5.41) is 17.7. The summed E-state index contributed by atoms with van der Waals surface area (Å²) in [5.74, 6) is -1.14. The first-order valence-corrected chi connectivity index (χ1v) is 8.32. The van der Waals surface area contributed by atoms with E-state index in [4.69, 9.17) is 10.2 Å². The van der Waals surface area contributed by atoms with Crippen LogP contribution >= 0.6 is 0 Å². The van der Waals surface area contributed by atoms with Gasteiger partial charge >= 0.3 is 5.97 Å². The fourth-order valence-electron chi connectivity index (χ4n) is 2.01. The normalized spacial score (nSPS) is 11.5. The molecule has 6 nitrogen and oxygen atoms in total. The number of aliphatic hydroxyl groups is 1. The molecule has 0 aliphatic carbocycles. The average Bonchev–Trinajstić information content (AvgIpc) is 2.42. The molecule has 1 aromatic rings. The van der Waals surface area contributed by atoms with Gasteiger partial charge in [-0.15, -0.1) is 0 Å². The lowest BCUT2D eigenvalue weighted by Crippen LogP contribution is -2.26. The van der Waals surface area contributed by atoms with E-state index in [-0.39, 0.29) is 22.6 Å². The van der Waals surface area contributed by atoms with Gasteiger partial charge < -0.3 is 10.2 Å². The van der Waals surface area contributed by atoms with E-state index in [9.17, 15) is 13.2 Å². The summed E-state index contributed by atoms with van der Waals surface area (Å²) in [7, 11) is -3.70. The van der Waals surface area contributed by atoms with Crippen molar-refractivity contribution < 1.29 is 23.4 Å². The van der Waals surface area contributed by atoms with E-state index >= 15 is 0 Å². The summed E-state index contributed by atoms with van der Waals surface area (Å²) in [6.45, 7) is 1.93. The lowest BCUT2D eigenvalue weighted by atomic mass is 10.1. The number of unbranched alkanes of at least 4 members (excludes halogenated alkanes) is 3. The number of carboxylic acid groups (broad SMARTS) is 1. The number of aliphatic hydroxyl groups excluding tert-OH is 1. The summed E-state index contributed by atoms with van der Waals surface area (Å²) in [4.78, 5) is 11.0. The Morgan fingerprint density at radius 1 is 1.19 bits per heavy atom. The van der Waals surface area contributed by atoms with Crippen molar-refractivity contribution in [2.45, 2.75) is 37.5 Å². The SMILES string of the molecule is Cc1c(C(=O)O)cccc1S(=O)(=O)NCCCCCCO. The van der Waals surface area contributed by atoms with Gasteiger partial charge in [-0.3, -0.25) is 0 Å². The van der Waals surface area contributed by atoms with Gasteiger partial charge in [-0.25, -0.2) is 17.9 Å². The van der Waals surface area contributed by atoms with Crippen molar-refractivity contribution in [3.8, 4) is 0 Å². The Morgan fingerprint density at radius 2 is 1.86 bits per heavy atom. The van der Waals surface area contributed by atoms with Gasteiger partial charge in [-0.2, -0.15) is 0 Å². The van der Waals surface area contributed by atoms with Crippen molar-refractivity contribution in [1.29, 1.82) is 0 Å². The van der Waals surface area contributed by atoms with E-state index in [1.54, 1.807) is 0 Å². The molecule has 0 unspecified atom stereocenters. The van der Waals surface area contributed by atoms with Crippen molar-refractivity contribution >= 4 is 16.0 Å². The van der Waals surface area contributed by atoms with Gasteiger partial charge in [-0.1, -0.05) is 18.9 Å². The molecule has 0 fully saturated rings. The number of hydrogen-bond donors (Lipinski definition) is 3. The van der Waals surface area contributed by atoms with Gasteiger partial charge in [0.2, 0.25) is 10.0 Å². The van der Waals surface area contributed by atoms with Gasteiger partial charge in [0, 0.05) is 13.2 Å². The van der Waals surface area contributed by atoms with Crippen LogP contribution in [0.25, 0.3) is 0 Å². The highest BCUT2D eigenvalue weighted by atomic mass is 32.2. The molecule has 0 heterocycles. The second-order valence-electron chi connectivity index (χ2n) is 4.77. The van der Waals surface area contributed by atoms with Crippen LogP contribution in [0.3, 0.4) is 0 Å². The molecule has 0 aliphatic heterocycles. The van der Waals surface area contributed by atoms with Crippen LogP contribution < -0.4 is 4.72 Å².